The third kappa shape index (κ3) is 4.88. The molecule has 0 aliphatic carbocycles. The fourth-order valence-electron chi connectivity index (χ4n) is 3.01. The van der Waals surface area contributed by atoms with Crippen LogP contribution >= 0.6 is 0 Å². The average Bonchev–Trinajstić information content (AvgIpc) is 3.22. The highest BCUT2D eigenvalue weighted by Crippen LogP contribution is 2.30. The molecule has 2 aromatic rings. The van der Waals surface area contributed by atoms with Crippen LogP contribution in [-0.2, 0) is 10.2 Å². The van der Waals surface area contributed by atoms with Gasteiger partial charge in [0.15, 0.2) is 17.4 Å². The first-order chi connectivity index (χ1) is 14.5. The molecule has 1 amide bonds. The molecule has 166 valence electrons. The topological polar surface area (TPSA) is 141 Å². The number of carbonyl (C=O) groups excluding carboxylic acids is 1. The molecule has 0 fully saturated rings. The summed E-state index contributed by atoms with van der Waals surface area (Å²) < 4.78 is 34.1. The summed E-state index contributed by atoms with van der Waals surface area (Å²) in [7, 11) is -0.618. The minimum absolute atomic E-state index is 0.0193. The summed E-state index contributed by atoms with van der Waals surface area (Å²) >= 11 is 0. The van der Waals surface area contributed by atoms with Crippen LogP contribution in [0.4, 0.5) is 5.69 Å². The van der Waals surface area contributed by atoms with E-state index in [0.29, 0.717) is 5.76 Å². The summed E-state index contributed by atoms with van der Waals surface area (Å²) in [6, 6.07) is 7.77. The number of benzene rings is 1. The number of nitrogens with one attached hydrogen (secondary N) is 2. The SMILES string of the molecule is Cc1ccc([C@H](N=C2NS(=O)(=[OH+])N=C2Nc2cccc(C(=O)N(C)C)c2O)C(C)C)o1. The smallest absolute Gasteiger partial charge is 0.494 e. The van der Waals surface area contributed by atoms with E-state index in [4.69, 9.17) is 4.42 Å². The molecule has 0 saturated heterocycles. The molecule has 11 heteroatoms. The van der Waals surface area contributed by atoms with Crippen molar-refractivity contribution in [2.45, 2.75) is 26.8 Å². The van der Waals surface area contributed by atoms with Gasteiger partial charge in [0.25, 0.3) is 5.91 Å². The molecule has 1 aromatic heterocycles. The van der Waals surface area contributed by atoms with E-state index in [2.05, 4.69) is 19.4 Å². The largest absolute Gasteiger partial charge is 0.505 e. The van der Waals surface area contributed by atoms with Crippen molar-refractivity contribution in [3.8, 4) is 5.75 Å². The van der Waals surface area contributed by atoms with Gasteiger partial charge in [-0.25, -0.2) is 4.72 Å². The van der Waals surface area contributed by atoms with Crippen LogP contribution in [0.1, 0.15) is 41.8 Å². The monoisotopic (exact) mass is 448 g/mol. The van der Waals surface area contributed by atoms with Gasteiger partial charge in [-0.15, -0.1) is 4.21 Å². The van der Waals surface area contributed by atoms with Crippen molar-refractivity contribution in [1.29, 1.82) is 0 Å². The lowest BCUT2D eigenvalue weighted by Crippen LogP contribution is -2.31. The lowest BCUT2D eigenvalue weighted by Gasteiger charge is -2.16. The zero-order valence-electron chi connectivity index (χ0n) is 17.9. The number of rotatable bonds is 5. The number of hydrogen-bond donors (Lipinski definition) is 3. The van der Waals surface area contributed by atoms with Crippen molar-refractivity contribution in [3.63, 3.8) is 0 Å². The van der Waals surface area contributed by atoms with Crippen LogP contribution < -0.4 is 10.0 Å². The van der Waals surface area contributed by atoms with Crippen molar-refractivity contribution in [2.75, 3.05) is 19.4 Å². The number of para-hydroxylation sites is 1. The Kier molecular flexibility index (Phi) is 6.07. The molecule has 31 heavy (non-hydrogen) atoms. The molecule has 1 aliphatic heterocycles. The van der Waals surface area contributed by atoms with Crippen LogP contribution in [0.15, 0.2) is 44.1 Å². The van der Waals surface area contributed by atoms with Crippen molar-refractivity contribution in [1.82, 2.24) is 9.62 Å². The van der Waals surface area contributed by atoms with Gasteiger partial charge in [-0.1, -0.05) is 24.3 Å². The van der Waals surface area contributed by atoms with Gasteiger partial charge in [0.1, 0.15) is 17.6 Å². The maximum atomic E-state index is 12.3. The fraction of sp³-hybridized carbons (Fsp3) is 0.350. The second-order valence-corrected chi connectivity index (χ2v) is 9.06. The second-order valence-electron chi connectivity index (χ2n) is 7.68. The zero-order chi connectivity index (χ0) is 22.9. The number of aryl methyl sites for hydroxylation is 1. The molecule has 10 nitrogen and oxygen atoms in total. The first kappa shape index (κ1) is 22.3. The van der Waals surface area contributed by atoms with E-state index in [1.165, 1.54) is 17.0 Å². The number of aliphatic imine (C=N–C) groups is 1. The zero-order valence-corrected chi connectivity index (χ0v) is 18.7. The Morgan fingerprint density at radius 1 is 1.32 bits per heavy atom. The minimum atomic E-state index is -3.76. The predicted molar refractivity (Wildman–Crippen MR) is 119 cm³/mol. The third-order valence-corrected chi connectivity index (χ3v) is 5.44. The van der Waals surface area contributed by atoms with Gasteiger partial charge in [-0.3, -0.25) is 9.79 Å². The van der Waals surface area contributed by atoms with E-state index in [1.54, 1.807) is 20.2 Å². The van der Waals surface area contributed by atoms with Gasteiger partial charge in [-0.05, 0) is 37.1 Å². The molecule has 0 radical (unpaired) electrons. The lowest BCUT2D eigenvalue weighted by molar-refractivity contribution is 0.0824. The van der Waals surface area contributed by atoms with E-state index in [0.717, 1.165) is 5.76 Å². The molecular formula is C20H26N5O5S+. The Balaban J connectivity index is 1.99. The van der Waals surface area contributed by atoms with Crippen LogP contribution in [0.3, 0.4) is 0 Å². The highest BCUT2D eigenvalue weighted by atomic mass is 32.2. The molecule has 1 aromatic carbocycles. The summed E-state index contributed by atoms with van der Waals surface area (Å²) in [4.78, 5) is 18.2. The number of furan rings is 1. The summed E-state index contributed by atoms with van der Waals surface area (Å²) in [5.74, 6) is 0.674. The fourth-order valence-corrected chi connectivity index (χ4v) is 3.84. The molecule has 0 bridgehead atoms. The number of phenols is 1. The van der Waals surface area contributed by atoms with Gasteiger partial charge in [0.2, 0.25) is 0 Å². The molecular weight excluding hydrogens is 422 g/mol. The van der Waals surface area contributed by atoms with Crippen LogP contribution in [0.25, 0.3) is 0 Å². The van der Waals surface area contributed by atoms with E-state index >= 15 is 0 Å². The Labute approximate surface area is 180 Å². The molecule has 3 rings (SSSR count). The lowest BCUT2D eigenvalue weighted by atomic mass is 10.0. The summed E-state index contributed by atoms with van der Waals surface area (Å²) in [6.45, 7) is 5.72. The van der Waals surface area contributed by atoms with E-state index < -0.39 is 16.3 Å². The van der Waals surface area contributed by atoms with Crippen molar-refractivity contribution < 1.29 is 22.7 Å². The molecule has 0 spiro atoms. The number of hydrogen-bond acceptors (Lipinski definition) is 6. The quantitative estimate of drug-likeness (QED) is 0.476. The summed E-state index contributed by atoms with van der Waals surface area (Å²) in [5, 5.41) is 13.4. The van der Waals surface area contributed by atoms with Crippen LogP contribution in [-0.4, -0.2) is 50.1 Å². The van der Waals surface area contributed by atoms with Crippen LogP contribution in [0.5, 0.6) is 5.75 Å². The van der Waals surface area contributed by atoms with Crippen LogP contribution in [0.2, 0.25) is 0 Å². The normalized spacial score (nSPS) is 20.5. The van der Waals surface area contributed by atoms with Crippen molar-refractivity contribution in [2.24, 2.45) is 15.3 Å². The molecule has 4 N–H and O–H groups in total. The first-order valence-corrected chi connectivity index (χ1v) is 11.0. The second kappa shape index (κ2) is 8.42. The maximum Gasteiger partial charge on any atom is 0.494 e. The Morgan fingerprint density at radius 3 is 2.61 bits per heavy atom. The summed E-state index contributed by atoms with van der Waals surface area (Å²) in [6.07, 6.45) is 0. The van der Waals surface area contributed by atoms with E-state index in [-0.39, 0.29) is 40.5 Å². The predicted octanol–water partition coefficient (Wildman–Crippen LogP) is 2.61. The number of carbonyl (C=O) groups is 1. The number of anilines is 1. The van der Waals surface area contributed by atoms with Gasteiger partial charge < -0.3 is 19.7 Å². The Bertz CT molecular complexity index is 1160. The number of amides is 1. The Morgan fingerprint density at radius 2 is 2.03 bits per heavy atom. The number of nitrogens with zero attached hydrogens (tertiary/aromatic N) is 3. The molecule has 0 saturated carbocycles. The molecule has 2 heterocycles. The van der Waals surface area contributed by atoms with Crippen LogP contribution in [0, 0.1) is 12.8 Å². The number of phenolic OH excluding ortho intramolecular Hbond substituents is 1. The maximum absolute atomic E-state index is 12.3. The third-order valence-electron chi connectivity index (χ3n) is 4.55. The Hall–Kier alpha value is -3.34. The van der Waals surface area contributed by atoms with Gasteiger partial charge >= 0.3 is 10.2 Å². The van der Waals surface area contributed by atoms with E-state index in [1.807, 2.05) is 32.9 Å². The summed E-state index contributed by atoms with van der Waals surface area (Å²) in [5.41, 5.74) is 0.226. The van der Waals surface area contributed by atoms with Crippen molar-refractivity contribution in [3.05, 3.63) is 47.4 Å². The van der Waals surface area contributed by atoms with Gasteiger partial charge in [0, 0.05) is 14.1 Å². The average molecular weight is 449 g/mol. The van der Waals surface area contributed by atoms with E-state index in [9.17, 15) is 18.3 Å². The number of aromatic hydroxyl groups is 1. The standard InChI is InChI=1S/C20H25N5O5S/c1-11(2)16(15-10-9-12(3)30-15)22-19-18(23-31(28,29)24-19)21-14-8-6-7-13(17(14)26)20(27)25(4)5/h6-11,16,26H,1-5H3,(H2,21,22,23,24,28,29)/p+1/t16-/m1/s1. The highest BCUT2D eigenvalue weighted by molar-refractivity contribution is 7.89. The molecule has 2 atom stereocenters. The minimum Gasteiger partial charge on any atom is -0.505 e. The highest BCUT2D eigenvalue weighted by Gasteiger charge is 2.33. The van der Waals surface area contributed by atoms with Gasteiger partial charge in [-0.2, -0.15) is 4.21 Å². The first-order valence-electron chi connectivity index (χ1n) is 9.58. The van der Waals surface area contributed by atoms with Gasteiger partial charge in [0.05, 0.1) is 11.3 Å². The molecule has 1 aliphatic rings. The number of amidine groups is 2. The van der Waals surface area contributed by atoms with Crippen molar-refractivity contribution >= 4 is 33.5 Å². The molecule has 1 unspecified atom stereocenters.